The molecule has 2 aromatic carbocycles. The maximum absolute atomic E-state index is 15.3. The van der Waals surface area contributed by atoms with Gasteiger partial charge in [-0.15, -0.1) is 11.8 Å². The van der Waals surface area contributed by atoms with Crippen LogP contribution in [0.3, 0.4) is 0 Å². The summed E-state index contributed by atoms with van der Waals surface area (Å²) in [4.78, 5) is 38.1. The fourth-order valence-corrected chi connectivity index (χ4v) is 8.40. The highest BCUT2D eigenvalue weighted by molar-refractivity contribution is 7.98. The molecule has 1 amide bonds. The summed E-state index contributed by atoms with van der Waals surface area (Å²) in [6, 6.07) is 10.5. The number of nitrogens with one attached hydrogen (secondary N) is 2. The highest BCUT2D eigenvalue weighted by Crippen LogP contribution is 2.46. The molecule has 2 aliphatic carbocycles. The molecule has 0 heterocycles. The van der Waals surface area contributed by atoms with E-state index in [1.807, 2.05) is 36.2 Å². The number of hydrogen-bond acceptors (Lipinski definition) is 6. The van der Waals surface area contributed by atoms with E-state index in [-0.39, 0.29) is 23.7 Å². The SMILES string of the molecule is CNC(=O)C(CCC=O)N(C)Cc1c(C=O)cccc1SCc1ccc(CNC2(C)CC3CC(C)CC(C3)C2)cc1F. The summed E-state index contributed by atoms with van der Waals surface area (Å²) in [7, 11) is 3.38. The Balaban J connectivity index is 1.40. The van der Waals surface area contributed by atoms with Crippen molar-refractivity contribution in [3.8, 4) is 0 Å². The molecule has 2 fully saturated rings. The molecule has 2 saturated carbocycles. The molecule has 228 valence electrons. The number of rotatable bonds is 14. The van der Waals surface area contributed by atoms with E-state index in [0.29, 0.717) is 36.4 Å². The second-order valence-corrected chi connectivity index (χ2v) is 13.8. The van der Waals surface area contributed by atoms with Crippen LogP contribution in [0.25, 0.3) is 0 Å². The molecule has 2 bridgehead atoms. The molecular formula is C34H46FN3O3S. The lowest BCUT2D eigenvalue weighted by molar-refractivity contribution is -0.126. The minimum atomic E-state index is -0.504. The predicted molar refractivity (Wildman–Crippen MR) is 167 cm³/mol. The largest absolute Gasteiger partial charge is 0.358 e. The summed E-state index contributed by atoms with van der Waals surface area (Å²) in [6.07, 6.45) is 8.70. The van der Waals surface area contributed by atoms with E-state index in [1.165, 1.54) is 43.9 Å². The molecule has 8 heteroatoms. The highest BCUT2D eigenvalue weighted by Gasteiger charge is 2.40. The Morgan fingerprint density at radius 1 is 1.17 bits per heavy atom. The topological polar surface area (TPSA) is 78.5 Å². The Labute approximate surface area is 254 Å². The average molecular weight is 596 g/mol. The van der Waals surface area contributed by atoms with Gasteiger partial charge in [-0.3, -0.25) is 14.5 Å². The first-order valence-electron chi connectivity index (χ1n) is 15.2. The van der Waals surface area contributed by atoms with Gasteiger partial charge in [0.05, 0.1) is 6.04 Å². The average Bonchev–Trinajstić information content (AvgIpc) is 2.95. The summed E-state index contributed by atoms with van der Waals surface area (Å²) >= 11 is 1.48. The molecule has 0 saturated heterocycles. The number of benzene rings is 2. The van der Waals surface area contributed by atoms with Crippen molar-refractivity contribution in [2.75, 3.05) is 14.1 Å². The van der Waals surface area contributed by atoms with Crippen LogP contribution in [0.15, 0.2) is 41.3 Å². The van der Waals surface area contributed by atoms with Crippen LogP contribution in [0.1, 0.15) is 85.8 Å². The van der Waals surface area contributed by atoms with E-state index in [2.05, 4.69) is 24.5 Å². The third-order valence-corrected chi connectivity index (χ3v) is 10.3. The molecule has 0 spiro atoms. The Morgan fingerprint density at radius 2 is 1.90 bits per heavy atom. The number of likely N-dealkylation sites (N-methyl/N-ethyl adjacent to an activating group) is 2. The van der Waals surface area contributed by atoms with E-state index in [1.54, 1.807) is 19.2 Å². The standard InChI is InChI=1S/C34H46FN3O3S/c1-23-13-25-15-26(14-23)18-34(2,17-25)37-19-24-10-11-28(30(35)16-24)22-42-32-9-5-7-27(21-40)29(32)20-38(4)31(8-6-12-39)33(41)36-3/h5,7,9-12,16,21,23,25-26,31,37H,6,8,13-15,17-20,22H2,1-4H3,(H,36,41). The number of aldehydes is 2. The minimum absolute atomic E-state index is 0.107. The molecule has 2 aromatic rings. The number of nitrogens with zero attached hydrogens (tertiary/aromatic N) is 1. The Bertz CT molecular complexity index is 1240. The molecule has 42 heavy (non-hydrogen) atoms. The third-order valence-electron chi connectivity index (χ3n) is 9.18. The number of thioether (sulfide) groups is 1. The third kappa shape index (κ3) is 8.29. The van der Waals surface area contributed by atoms with Crippen LogP contribution in [0.4, 0.5) is 4.39 Å². The summed E-state index contributed by atoms with van der Waals surface area (Å²) in [5.41, 5.74) is 3.00. The van der Waals surface area contributed by atoms with Crippen LogP contribution in [0, 0.1) is 23.6 Å². The van der Waals surface area contributed by atoms with Gasteiger partial charge in [0, 0.05) is 48.3 Å². The molecule has 6 nitrogen and oxygen atoms in total. The van der Waals surface area contributed by atoms with Crippen molar-refractivity contribution < 1.29 is 18.8 Å². The van der Waals surface area contributed by atoms with Crippen molar-refractivity contribution in [3.05, 3.63) is 64.5 Å². The van der Waals surface area contributed by atoms with Crippen molar-refractivity contribution in [1.29, 1.82) is 0 Å². The smallest absolute Gasteiger partial charge is 0.237 e. The maximum atomic E-state index is 15.3. The maximum Gasteiger partial charge on any atom is 0.237 e. The van der Waals surface area contributed by atoms with Crippen LogP contribution in [0.5, 0.6) is 0 Å². The van der Waals surface area contributed by atoms with Gasteiger partial charge < -0.3 is 15.4 Å². The molecule has 0 radical (unpaired) electrons. The van der Waals surface area contributed by atoms with Crippen molar-refractivity contribution >= 4 is 30.2 Å². The number of carbonyl (C=O) groups excluding carboxylic acids is 3. The number of halogens is 1. The lowest BCUT2D eigenvalue weighted by Gasteiger charge is -2.47. The summed E-state index contributed by atoms with van der Waals surface area (Å²) in [6.45, 7) is 5.73. The number of amides is 1. The molecule has 0 aliphatic heterocycles. The zero-order chi connectivity index (χ0) is 30.3. The van der Waals surface area contributed by atoms with E-state index >= 15 is 4.39 Å². The Morgan fingerprint density at radius 3 is 2.55 bits per heavy atom. The van der Waals surface area contributed by atoms with Crippen molar-refractivity contribution in [2.45, 2.75) is 94.1 Å². The van der Waals surface area contributed by atoms with E-state index in [0.717, 1.165) is 46.3 Å². The van der Waals surface area contributed by atoms with Gasteiger partial charge in [-0.25, -0.2) is 4.39 Å². The molecule has 2 aliphatic rings. The zero-order valence-corrected chi connectivity index (χ0v) is 26.3. The van der Waals surface area contributed by atoms with Gasteiger partial charge in [0.15, 0.2) is 0 Å². The normalized spacial score (nSPS) is 24.3. The van der Waals surface area contributed by atoms with E-state index < -0.39 is 6.04 Å². The summed E-state index contributed by atoms with van der Waals surface area (Å²) in [5.74, 6) is 2.46. The van der Waals surface area contributed by atoms with Gasteiger partial charge in [-0.05, 0) is 99.1 Å². The van der Waals surface area contributed by atoms with Gasteiger partial charge in [0.25, 0.3) is 0 Å². The van der Waals surface area contributed by atoms with Crippen LogP contribution in [-0.2, 0) is 28.4 Å². The van der Waals surface area contributed by atoms with E-state index in [9.17, 15) is 14.4 Å². The fourth-order valence-electron chi connectivity index (χ4n) is 7.32. The highest BCUT2D eigenvalue weighted by atomic mass is 32.2. The van der Waals surface area contributed by atoms with Crippen LogP contribution >= 0.6 is 11.8 Å². The second-order valence-electron chi connectivity index (χ2n) is 12.8. The number of hydrogen-bond donors (Lipinski definition) is 2. The molecule has 3 unspecified atom stereocenters. The summed E-state index contributed by atoms with van der Waals surface area (Å²) < 4.78 is 15.3. The van der Waals surface area contributed by atoms with Crippen LogP contribution < -0.4 is 10.6 Å². The number of fused-ring (bicyclic) bond motifs is 2. The molecule has 0 aromatic heterocycles. The van der Waals surface area contributed by atoms with Gasteiger partial charge in [0.2, 0.25) is 5.91 Å². The summed E-state index contributed by atoms with van der Waals surface area (Å²) in [5, 5.41) is 6.44. The molecular weight excluding hydrogens is 549 g/mol. The molecule has 2 N–H and O–H groups in total. The quantitative estimate of drug-likeness (QED) is 0.202. The number of carbonyl (C=O) groups is 3. The minimum Gasteiger partial charge on any atom is -0.358 e. The Kier molecular flexibility index (Phi) is 11.4. The van der Waals surface area contributed by atoms with Gasteiger partial charge in [-0.1, -0.05) is 31.2 Å². The first-order valence-corrected chi connectivity index (χ1v) is 16.2. The predicted octanol–water partition coefficient (Wildman–Crippen LogP) is 6.15. The fraction of sp³-hybridized carbons (Fsp3) is 0.559. The molecule has 4 rings (SSSR count). The van der Waals surface area contributed by atoms with Crippen molar-refractivity contribution in [2.24, 2.45) is 17.8 Å². The second kappa shape index (κ2) is 14.8. The zero-order valence-electron chi connectivity index (χ0n) is 25.5. The van der Waals surface area contributed by atoms with Gasteiger partial charge in [-0.2, -0.15) is 0 Å². The lowest BCUT2D eigenvalue weighted by Crippen LogP contribution is -2.50. The van der Waals surface area contributed by atoms with Gasteiger partial charge in [0.1, 0.15) is 18.4 Å². The van der Waals surface area contributed by atoms with Crippen molar-refractivity contribution in [3.63, 3.8) is 0 Å². The monoisotopic (exact) mass is 595 g/mol. The van der Waals surface area contributed by atoms with Crippen LogP contribution in [-0.4, -0.2) is 49.1 Å². The lowest BCUT2D eigenvalue weighted by atomic mass is 9.62. The first-order chi connectivity index (χ1) is 20.1. The first kappa shape index (κ1) is 32.4. The Hall–Kier alpha value is -2.55. The van der Waals surface area contributed by atoms with Crippen molar-refractivity contribution in [1.82, 2.24) is 15.5 Å². The van der Waals surface area contributed by atoms with Crippen LogP contribution in [0.2, 0.25) is 0 Å². The molecule has 3 atom stereocenters. The van der Waals surface area contributed by atoms with E-state index in [4.69, 9.17) is 0 Å². The van der Waals surface area contributed by atoms with Gasteiger partial charge >= 0.3 is 0 Å².